The van der Waals surface area contributed by atoms with Crippen LogP contribution in [0.3, 0.4) is 0 Å². The second-order valence-electron chi connectivity index (χ2n) is 15.9. The molecular formula is C42H24B2N4. The normalized spacial score (nSPS) is 27.0. The third kappa shape index (κ3) is 1.83. The van der Waals surface area contributed by atoms with Gasteiger partial charge in [-0.05, 0) is 58.0 Å². The minimum Gasteiger partial charge on any atom is -0.335 e. The van der Waals surface area contributed by atoms with E-state index < -0.39 is 0 Å². The van der Waals surface area contributed by atoms with Crippen LogP contribution >= 0.6 is 0 Å². The van der Waals surface area contributed by atoms with Crippen molar-refractivity contribution in [1.29, 1.82) is 0 Å². The number of anilines is 4. The van der Waals surface area contributed by atoms with E-state index in [1.165, 1.54) is 88.4 Å². The molecule has 16 rings (SSSR count). The van der Waals surface area contributed by atoms with Crippen molar-refractivity contribution in [3.05, 3.63) is 109 Å². The summed E-state index contributed by atoms with van der Waals surface area (Å²) in [6.07, 6.45) is 0. The zero-order valence-electron chi connectivity index (χ0n) is 25.8. The van der Waals surface area contributed by atoms with Crippen molar-refractivity contribution in [2.75, 3.05) is 9.80 Å². The van der Waals surface area contributed by atoms with Crippen LogP contribution in [-0.2, 0) is 0 Å². The lowest BCUT2D eigenvalue weighted by Crippen LogP contribution is -2.76. The van der Waals surface area contributed by atoms with E-state index in [0.29, 0.717) is 49.2 Å². The van der Waals surface area contributed by atoms with E-state index in [4.69, 9.17) is 0 Å². The molecule has 1 saturated carbocycles. The van der Waals surface area contributed by atoms with Crippen LogP contribution in [0.1, 0.15) is 12.1 Å². The Hall–Kier alpha value is -5.35. The fourth-order valence-electron chi connectivity index (χ4n) is 13.8. The van der Waals surface area contributed by atoms with Crippen LogP contribution in [0, 0.1) is 0 Å². The standard InChI is InChI=1S/C42H24B2N4/c1-3-11-27-25(9-1)43-26-10-2-4-12-28(26)46-30-14-6-8-22-24-18-16-20-19-15-17-23-21-7-5-13-29-35(21)47-37(23)31(19)44-32(20)38(24)48(36(22)30)42-34(44)41(47)39(45(27)29)33(43)40(42)46/h1-18,33-34,39-42H/t33?,34-,39?,40?,41+,42?/m0/s1. The highest BCUT2D eigenvalue weighted by atomic mass is 15.3. The molecule has 0 N–H and O–H groups in total. The maximum Gasteiger partial charge on any atom is 0.223 e. The Balaban J connectivity index is 1.22. The van der Waals surface area contributed by atoms with Crippen molar-refractivity contribution in [1.82, 2.24) is 9.13 Å². The molecule has 2 aromatic heterocycles. The van der Waals surface area contributed by atoms with Crippen LogP contribution in [0.25, 0.3) is 54.7 Å². The molecule has 0 radical (unpaired) electrons. The van der Waals surface area contributed by atoms with Crippen LogP contribution in [-0.4, -0.2) is 34.6 Å². The van der Waals surface area contributed by atoms with Crippen molar-refractivity contribution >= 4 is 102 Å². The number of fused-ring (bicyclic) bond motifs is 11. The Morgan fingerprint density at radius 1 is 0.375 bits per heavy atom. The summed E-state index contributed by atoms with van der Waals surface area (Å²) in [6, 6.07) is 44.7. The maximum atomic E-state index is 2.93. The molecule has 7 aliphatic heterocycles. The van der Waals surface area contributed by atoms with E-state index in [1.54, 1.807) is 10.9 Å². The van der Waals surface area contributed by atoms with Crippen LogP contribution in [0.2, 0.25) is 11.6 Å². The maximum absolute atomic E-state index is 2.93. The van der Waals surface area contributed by atoms with Gasteiger partial charge in [0.1, 0.15) is 0 Å². The minimum atomic E-state index is 0.350. The number of benzene rings is 6. The number of aromatic nitrogens is 2. The van der Waals surface area contributed by atoms with Gasteiger partial charge in [0.05, 0.1) is 46.6 Å². The Morgan fingerprint density at radius 2 is 0.833 bits per heavy atom. The summed E-state index contributed by atoms with van der Waals surface area (Å²) in [4.78, 5) is 5.74. The minimum absolute atomic E-state index is 0.350. The highest BCUT2D eigenvalue weighted by Gasteiger charge is 2.70. The fourth-order valence-corrected chi connectivity index (χ4v) is 13.8. The van der Waals surface area contributed by atoms with Crippen LogP contribution in [0.5, 0.6) is 0 Å². The van der Waals surface area contributed by atoms with Crippen molar-refractivity contribution in [2.24, 2.45) is 0 Å². The van der Waals surface area contributed by atoms with Crippen molar-refractivity contribution in [2.45, 2.75) is 35.8 Å². The van der Waals surface area contributed by atoms with E-state index in [2.05, 4.69) is 128 Å². The van der Waals surface area contributed by atoms with Gasteiger partial charge in [-0.1, -0.05) is 95.9 Å². The molecule has 1 aliphatic carbocycles. The van der Waals surface area contributed by atoms with Gasteiger partial charge in [-0.2, -0.15) is 0 Å². The molecule has 4 unspecified atom stereocenters. The lowest BCUT2D eigenvalue weighted by Gasteiger charge is -2.68. The first kappa shape index (κ1) is 22.3. The van der Waals surface area contributed by atoms with E-state index in [1.807, 2.05) is 0 Å². The molecule has 6 heteroatoms. The van der Waals surface area contributed by atoms with Gasteiger partial charge in [0.15, 0.2) is 0 Å². The van der Waals surface area contributed by atoms with Gasteiger partial charge in [0.25, 0.3) is 0 Å². The molecule has 218 valence electrons. The SMILES string of the molecule is c1ccc2c(c1)B1c3ccccc3N3c4cccc5c6ccc7c8c6n(c45)[C@H]4C3C1C1C3[C@H]4B8c4c-7ccc5c6cccc(c6n3c45)N21. The van der Waals surface area contributed by atoms with E-state index in [9.17, 15) is 0 Å². The summed E-state index contributed by atoms with van der Waals surface area (Å²) in [5, 5.41) is 5.76. The zero-order valence-corrected chi connectivity index (χ0v) is 25.8. The van der Waals surface area contributed by atoms with Gasteiger partial charge < -0.3 is 18.9 Å². The summed E-state index contributed by atoms with van der Waals surface area (Å²) in [6.45, 7) is 0.773. The second kappa shape index (κ2) is 6.53. The fraction of sp³-hybridized carbons (Fsp3) is 0.143. The molecule has 0 amide bonds. The van der Waals surface area contributed by atoms with Gasteiger partial charge >= 0.3 is 0 Å². The Kier molecular flexibility index (Phi) is 3.03. The molecule has 0 spiro atoms. The molecule has 0 bridgehead atoms. The number of rotatable bonds is 0. The van der Waals surface area contributed by atoms with Crippen molar-refractivity contribution < 1.29 is 0 Å². The number of nitrogens with zero attached hydrogens (tertiary/aromatic N) is 4. The molecular weight excluding hydrogens is 582 g/mol. The largest absolute Gasteiger partial charge is 0.335 e. The second-order valence-corrected chi connectivity index (χ2v) is 15.9. The van der Waals surface area contributed by atoms with Crippen molar-refractivity contribution in [3.8, 4) is 11.1 Å². The van der Waals surface area contributed by atoms with Gasteiger partial charge in [0, 0.05) is 44.0 Å². The van der Waals surface area contributed by atoms with Gasteiger partial charge in [-0.25, -0.2) is 0 Å². The summed E-state index contributed by atoms with van der Waals surface area (Å²) in [5.74, 6) is 0.903. The van der Waals surface area contributed by atoms with Gasteiger partial charge in [-0.15, -0.1) is 0 Å². The van der Waals surface area contributed by atoms with E-state index in [0.717, 1.165) is 0 Å². The summed E-state index contributed by atoms with van der Waals surface area (Å²) < 4.78 is 5.87. The zero-order chi connectivity index (χ0) is 30.0. The molecule has 8 aliphatic rings. The van der Waals surface area contributed by atoms with Crippen molar-refractivity contribution in [3.63, 3.8) is 0 Å². The Bertz CT molecular complexity index is 2810. The summed E-state index contributed by atoms with van der Waals surface area (Å²) >= 11 is 0. The molecule has 4 nitrogen and oxygen atoms in total. The molecule has 0 saturated heterocycles. The first-order valence-corrected chi connectivity index (χ1v) is 17.9. The molecule has 6 aromatic carbocycles. The topological polar surface area (TPSA) is 16.3 Å². The predicted molar refractivity (Wildman–Crippen MR) is 198 cm³/mol. The van der Waals surface area contributed by atoms with E-state index >= 15 is 0 Å². The lowest BCUT2D eigenvalue weighted by molar-refractivity contribution is 0.203. The quantitative estimate of drug-likeness (QED) is 0.188. The molecule has 9 heterocycles. The first-order chi connectivity index (χ1) is 23.9. The number of para-hydroxylation sites is 4. The Labute approximate surface area is 275 Å². The molecule has 1 fully saturated rings. The smallest absolute Gasteiger partial charge is 0.223 e. The third-order valence-electron chi connectivity index (χ3n) is 14.7. The predicted octanol–water partition coefficient (Wildman–Crippen LogP) is 6.33. The summed E-state index contributed by atoms with van der Waals surface area (Å²) in [7, 11) is 0. The highest BCUT2D eigenvalue weighted by molar-refractivity contribution is 6.95. The first-order valence-electron chi connectivity index (χ1n) is 17.9. The average molecular weight is 606 g/mol. The van der Waals surface area contributed by atoms with Crippen LogP contribution in [0.15, 0.2) is 109 Å². The lowest BCUT2D eigenvalue weighted by atomic mass is 9.21. The number of hydrogen-bond acceptors (Lipinski definition) is 2. The Morgan fingerprint density at radius 3 is 1.38 bits per heavy atom. The van der Waals surface area contributed by atoms with Gasteiger partial charge in [0.2, 0.25) is 13.4 Å². The molecule has 6 atom stereocenters. The molecule has 8 aromatic rings. The van der Waals surface area contributed by atoms with Crippen LogP contribution in [0.4, 0.5) is 22.7 Å². The average Bonchev–Trinajstić information content (AvgIpc) is 3.78. The number of hydrogen-bond donors (Lipinski definition) is 0. The van der Waals surface area contributed by atoms with E-state index in [-0.39, 0.29) is 0 Å². The summed E-state index contributed by atoms with van der Waals surface area (Å²) in [5.41, 5.74) is 20.9. The third-order valence-corrected chi connectivity index (χ3v) is 14.7. The van der Waals surface area contributed by atoms with Crippen LogP contribution < -0.4 is 31.7 Å². The monoisotopic (exact) mass is 606 g/mol. The highest BCUT2D eigenvalue weighted by Crippen LogP contribution is 2.69. The van der Waals surface area contributed by atoms with Gasteiger partial charge in [-0.3, -0.25) is 0 Å². The molecule has 48 heavy (non-hydrogen) atoms.